The van der Waals surface area contributed by atoms with E-state index in [2.05, 4.69) is 0 Å². The highest BCUT2D eigenvalue weighted by molar-refractivity contribution is 5.95. The summed E-state index contributed by atoms with van der Waals surface area (Å²) in [7, 11) is 4.95. The fraction of sp³-hybridized carbons (Fsp3) is 0.300. The van der Waals surface area contributed by atoms with Gasteiger partial charge in [0, 0.05) is 38.1 Å². The molecule has 2 N–H and O–H groups in total. The van der Waals surface area contributed by atoms with E-state index in [0.717, 1.165) is 16.7 Å². The van der Waals surface area contributed by atoms with Gasteiger partial charge in [0.1, 0.15) is 23.9 Å². The summed E-state index contributed by atoms with van der Waals surface area (Å²) in [6, 6.07) is 18.2. The van der Waals surface area contributed by atoms with Gasteiger partial charge < -0.3 is 29.3 Å². The van der Waals surface area contributed by atoms with Gasteiger partial charge in [0.05, 0.1) is 13.7 Å². The van der Waals surface area contributed by atoms with Crippen molar-refractivity contribution in [2.75, 3.05) is 27.8 Å². The van der Waals surface area contributed by atoms with Gasteiger partial charge in [0.25, 0.3) is 5.91 Å². The minimum atomic E-state index is -0.944. The van der Waals surface area contributed by atoms with Crippen LogP contribution in [-0.2, 0) is 22.6 Å². The Balaban J connectivity index is 1.91. The number of amides is 1. The Morgan fingerprint density at radius 2 is 1.54 bits per heavy atom. The van der Waals surface area contributed by atoms with E-state index in [1.54, 1.807) is 45.5 Å². The number of hydrogen-bond acceptors (Lipinski definition) is 6. The second-order valence-electron chi connectivity index (χ2n) is 9.10. The Labute approximate surface area is 227 Å². The minimum Gasteiger partial charge on any atom is -0.497 e. The van der Waals surface area contributed by atoms with Crippen LogP contribution in [0.2, 0.25) is 0 Å². The third-order valence-electron chi connectivity index (χ3n) is 5.97. The highest BCUT2D eigenvalue weighted by Gasteiger charge is 2.16. The predicted octanol–water partition coefficient (Wildman–Crippen LogP) is 4.90. The SMILES string of the molecule is COc1cccc(-c2cc(OCc3cccc(OCCCC(=O)O)c3CCC(=O)O)cc(C(=O)N(C)C)c2)c1. The van der Waals surface area contributed by atoms with E-state index in [0.29, 0.717) is 34.8 Å². The Morgan fingerprint density at radius 3 is 2.23 bits per heavy atom. The first-order valence-electron chi connectivity index (χ1n) is 12.5. The minimum absolute atomic E-state index is 0.0229. The first-order chi connectivity index (χ1) is 18.7. The largest absolute Gasteiger partial charge is 0.497 e. The second-order valence-corrected chi connectivity index (χ2v) is 9.10. The average Bonchev–Trinajstić information content (AvgIpc) is 2.92. The highest BCUT2D eigenvalue weighted by atomic mass is 16.5. The molecule has 0 bridgehead atoms. The summed E-state index contributed by atoms with van der Waals surface area (Å²) in [6.07, 6.45) is 0.422. The van der Waals surface area contributed by atoms with Crippen LogP contribution >= 0.6 is 0 Å². The van der Waals surface area contributed by atoms with Gasteiger partial charge in [-0.1, -0.05) is 24.3 Å². The maximum Gasteiger partial charge on any atom is 0.303 e. The number of rotatable bonds is 14. The predicted molar refractivity (Wildman–Crippen MR) is 146 cm³/mol. The number of carbonyl (C=O) groups is 3. The van der Waals surface area contributed by atoms with Crippen molar-refractivity contribution in [1.82, 2.24) is 4.90 Å². The Morgan fingerprint density at radius 1 is 0.821 bits per heavy atom. The number of ether oxygens (including phenoxy) is 3. The molecule has 0 spiro atoms. The van der Waals surface area contributed by atoms with Crippen molar-refractivity contribution in [3.63, 3.8) is 0 Å². The first kappa shape index (κ1) is 29.0. The molecule has 0 atom stereocenters. The van der Waals surface area contributed by atoms with Crippen molar-refractivity contribution < 1.29 is 38.8 Å². The quantitative estimate of drug-likeness (QED) is 0.279. The molecule has 0 aliphatic carbocycles. The summed E-state index contributed by atoms with van der Waals surface area (Å²) in [4.78, 5) is 36.4. The van der Waals surface area contributed by atoms with Crippen LogP contribution in [0.4, 0.5) is 0 Å². The van der Waals surface area contributed by atoms with Gasteiger partial charge in [0.15, 0.2) is 0 Å². The Kier molecular flexibility index (Phi) is 10.3. The van der Waals surface area contributed by atoms with Gasteiger partial charge >= 0.3 is 11.9 Å². The number of methoxy groups -OCH3 is 1. The topological polar surface area (TPSA) is 123 Å². The van der Waals surface area contributed by atoms with E-state index in [-0.39, 0.29) is 38.4 Å². The molecule has 0 saturated heterocycles. The molecule has 0 aliphatic heterocycles. The molecule has 0 unspecified atom stereocenters. The van der Waals surface area contributed by atoms with Gasteiger partial charge in [-0.15, -0.1) is 0 Å². The van der Waals surface area contributed by atoms with Gasteiger partial charge in [-0.05, 0) is 65.9 Å². The third kappa shape index (κ3) is 8.49. The average molecular weight is 536 g/mol. The van der Waals surface area contributed by atoms with Gasteiger partial charge in [-0.3, -0.25) is 14.4 Å². The van der Waals surface area contributed by atoms with Crippen molar-refractivity contribution >= 4 is 17.8 Å². The number of aliphatic carboxylic acids is 2. The van der Waals surface area contributed by atoms with Crippen LogP contribution < -0.4 is 14.2 Å². The van der Waals surface area contributed by atoms with Crippen LogP contribution in [0.5, 0.6) is 17.2 Å². The van der Waals surface area contributed by atoms with Gasteiger partial charge in [-0.25, -0.2) is 0 Å². The van der Waals surface area contributed by atoms with Gasteiger partial charge in [0.2, 0.25) is 0 Å². The molecule has 0 fully saturated rings. The van der Waals surface area contributed by atoms with Crippen LogP contribution in [0, 0.1) is 0 Å². The number of carboxylic acids is 2. The number of nitrogens with zero attached hydrogens (tertiary/aromatic N) is 1. The summed E-state index contributed by atoms with van der Waals surface area (Å²) in [5, 5.41) is 18.1. The Bertz CT molecular complexity index is 1320. The first-order valence-corrected chi connectivity index (χ1v) is 12.5. The molecule has 9 nitrogen and oxygen atoms in total. The highest BCUT2D eigenvalue weighted by Crippen LogP contribution is 2.31. The third-order valence-corrected chi connectivity index (χ3v) is 5.97. The molecule has 3 aromatic rings. The maximum atomic E-state index is 12.8. The fourth-order valence-electron chi connectivity index (χ4n) is 4.00. The van der Waals surface area contributed by atoms with Crippen molar-refractivity contribution in [3.8, 4) is 28.4 Å². The molecule has 9 heteroatoms. The van der Waals surface area contributed by atoms with Crippen LogP contribution in [0.3, 0.4) is 0 Å². The van der Waals surface area contributed by atoms with Gasteiger partial charge in [-0.2, -0.15) is 0 Å². The summed E-state index contributed by atoms with van der Waals surface area (Å²) in [5.74, 6) is -0.379. The van der Waals surface area contributed by atoms with Crippen LogP contribution in [-0.4, -0.2) is 60.8 Å². The zero-order valence-electron chi connectivity index (χ0n) is 22.3. The van der Waals surface area contributed by atoms with E-state index >= 15 is 0 Å². The zero-order valence-corrected chi connectivity index (χ0v) is 22.3. The lowest BCUT2D eigenvalue weighted by Gasteiger charge is -2.17. The normalized spacial score (nSPS) is 10.5. The molecule has 1 amide bonds. The molecule has 3 rings (SSSR count). The van der Waals surface area contributed by atoms with Crippen LogP contribution in [0.15, 0.2) is 60.7 Å². The second kappa shape index (κ2) is 13.9. The van der Waals surface area contributed by atoms with Crippen molar-refractivity contribution in [1.29, 1.82) is 0 Å². The Hall–Kier alpha value is -4.53. The summed E-state index contributed by atoms with van der Waals surface area (Å²) in [5.41, 5.74) is 3.50. The smallest absolute Gasteiger partial charge is 0.303 e. The lowest BCUT2D eigenvalue weighted by Crippen LogP contribution is -2.21. The number of carboxylic acid groups (broad SMARTS) is 2. The van der Waals surface area contributed by atoms with Crippen molar-refractivity contribution in [2.24, 2.45) is 0 Å². The monoisotopic (exact) mass is 535 g/mol. The van der Waals surface area contributed by atoms with E-state index in [4.69, 9.17) is 19.3 Å². The number of benzene rings is 3. The van der Waals surface area contributed by atoms with E-state index in [1.165, 1.54) is 4.90 Å². The van der Waals surface area contributed by atoms with Crippen molar-refractivity contribution in [3.05, 3.63) is 77.4 Å². The lowest BCUT2D eigenvalue weighted by molar-refractivity contribution is -0.138. The summed E-state index contributed by atoms with van der Waals surface area (Å²) >= 11 is 0. The summed E-state index contributed by atoms with van der Waals surface area (Å²) < 4.78 is 17.3. The molecule has 39 heavy (non-hydrogen) atoms. The van der Waals surface area contributed by atoms with E-state index < -0.39 is 11.9 Å². The molecule has 0 heterocycles. The molecule has 0 radical (unpaired) electrons. The van der Waals surface area contributed by atoms with Crippen molar-refractivity contribution in [2.45, 2.75) is 32.3 Å². The van der Waals surface area contributed by atoms with E-state index in [1.807, 2.05) is 36.4 Å². The summed E-state index contributed by atoms with van der Waals surface area (Å²) in [6.45, 7) is 0.299. The lowest BCUT2D eigenvalue weighted by atomic mass is 10.0. The molecular weight excluding hydrogens is 502 g/mol. The number of carbonyl (C=O) groups excluding carboxylic acids is 1. The molecule has 0 saturated carbocycles. The number of hydrogen-bond donors (Lipinski definition) is 2. The zero-order chi connectivity index (χ0) is 28.4. The van der Waals surface area contributed by atoms with Crippen LogP contribution in [0.1, 0.15) is 40.7 Å². The maximum absolute atomic E-state index is 12.8. The van der Waals surface area contributed by atoms with E-state index in [9.17, 15) is 19.5 Å². The molecule has 0 aromatic heterocycles. The fourth-order valence-corrected chi connectivity index (χ4v) is 4.00. The van der Waals surface area contributed by atoms with Crippen LogP contribution in [0.25, 0.3) is 11.1 Å². The molecule has 3 aromatic carbocycles. The standard InChI is InChI=1S/C30H33NO8/c1-31(2)30(36)23-15-22(20-7-4-9-24(16-20)37-3)17-25(18-23)39-19-21-8-5-10-27(26(21)12-13-29(34)35)38-14-6-11-28(32)33/h4-5,7-10,15-18H,6,11-14,19H2,1-3H3,(H,32,33)(H,34,35). The molecular formula is C30H33NO8. The molecule has 0 aliphatic rings. The molecule has 206 valence electrons.